The van der Waals surface area contributed by atoms with Crippen molar-refractivity contribution >= 4 is 15.9 Å². The smallest absolute Gasteiger partial charge is 0.260 e. The van der Waals surface area contributed by atoms with Gasteiger partial charge in [0.15, 0.2) is 0 Å². The van der Waals surface area contributed by atoms with Crippen LogP contribution >= 0.6 is 15.9 Å². The van der Waals surface area contributed by atoms with Gasteiger partial charge in [0.05, 0.1) is 0 Å². The average Bonchev–Trinajstić information content (AvgIpc) is 1.94. The molecule has 0 aliphatic heterocycles. The van der Waals surface area contributed by atoms with Crippen molar-refractivity contribution in [2.75, 3.05) is 0 Å². The van der Waals surface area contributed by atoms with Crippen molar-refractivity contribution in [2.24, 2.45) is 0 Å². The molecule has 0 radical (unpaired) electrons. The highest BCUT2D eigenvalue weighted by molar-refractivity contribution is 9.10. The van der Waals surface area contributed by atoms with Crippen molar-refractivity contribution in [2.45, 2.75) is 13.3 Å². The highest BCUT2D eigenvalue weighted by Gasteiger charge is 2.11. The molecule has 0 spiro atoms. The van der Waals surface area contributed by atoms with Gasteiger partial charge in [0.25, 0.3) is 6.43 Å². The summed E-state index contributed by atoms with van der Waals surface area (Å²) in [5, 5.41) is 0. The van der Waals surface area contributed by atoms with Gasteiger partial charge in [0, 0.05) is 21.9 Å². The average molecular weight is 222 g/mol. The summed E-state index contributed by atoms with van der Waals surface area (Å²) in [5.41, 5.74) is 0.598. The molecule has 0 fully saturated rings. The van der Waals surface area contributed by atoms with Crippen LogP contribution in [0, 0.1) is 6.92 Å². The molecule has 0 amide bonds. The van der Waals surface area contributed by atoms with Gasteiger partial charge < -0.3 is 0 Å². The van der Waals surface area contributed by atoms with Crippen LogP contribution < -0.4 is 0 Å². The zero-order chi connectivity index (χ0) is 8.43. The molecule has 0 bridgehead atoms. The standard InChI is InChI=1S/C7H6BrF2N/c1-4-2-5(7(9)10)6(8)3-11-4/h2-3,7H,1H3. The first-order valence-corrected chi connectivity index (χ1v) is 3.80. The largest absolute Gasteiger partial charge is 0.265 e. The van der Waals surface area contributed by atoms with Crippen molar-refractivity contribution < 1.29 is 8.78 Å². The summed E-state index contributed by atoms with van der Waals surface area (Å²) in [6.45, 7) is 1.68. The molecule has 0 saturated carbocycles. The third-order valence-electron chi connectivity index (χ3n) is 1.26. The lowest BCUT2D eigenvalue weighted by molar-refractivity contribution is 0.150. The van der Waals surface area contributed by atoms with Crippen LogP contribution in [0.5, 0.6) is 0 Å². The van der Waals surface area contributed by atoms with Crippen LogP contribution in [0.2, 0.25) is 0 Å². The Balaban J connectivity index is 3.13. The maximum absolute atomic E-state index is 12.2. The van der Waals surface area contributed by atoms with Gasteiger partial charge in [-0.15, -0.1) is 0 Å². The van der Waals surface area contributed by atoms with E-state index < -0.39 is 6.43 Å². The molecule has 0 aliphatic carbocycles. The molecular weight excluding hydrogens is 216 g/mol. The molecule has 4 heteroatoms. The molecule has 0 unspecified atom stereocenters. The molecule has 0 N–H and O–H groups in total. The number of halogens is 3. The summed E-state index contributed by atoms with van der Waals surface area (Å²) < 4.78 is 24.7. The molecule has 0 atom stereocenters. The number of aryl methyl sites for hydroxylation is 1. The quantitative estimate of drug-likeness (QED) is 0.711. The van der Waals surface area contributed by atoms with E-state index in [-0.39, 0.29) is 5.56 Å². The van der Waals surface area contributed by atoms with Crippen LogP contribution in [0.4, 0.5) is 8.78 Å². The van der Waals surface area contributed by atoms with Gasteiger partial charge in [0.2, 0.25) is 0 Å². The summed E-state index contributed by atoms with van der Waals surface area (Å²) in [6, 6.07) is 1.37. The van der Waals surface area contributed by atoms with Crippen LogP contribution in [0.15, 0.2) is 16.7 Å². The van der Waals surface area contributed by atoms with E-state index in [1.54, 1.807) is 6.92 Å². The first-order valence-electron chi connectivity index (χ1n) is 3.01. The van der Waals surface area contributed by atoms with Gasteiger partial charge >= 0.3 is 0 Å². The number of nitrogens with zero attached hydrogens (tertiary/aromatic N) is 1. The second kappa shape index (κ2) is 3.26. The van der Waals surface area contributed by atoms with Crippen LogP contribution in [-0.4, -0.2) is 4.98 Å². The van der Waals surface area contributed by atoms with E-state index in [0.29, 0.717) is 10.2 Å². The number of hydrogen-bond acceptors (Lipinski definition) is 1. The minimum atomic E-state index is -2.44. The Hall–Kier alpha value is -0.510. The molecule has 1 heterocycles. The fourth-order valence-electron chi connectivity index (χ4n) is 0.732. The van der Waals surface area contributed by atoms with Crippen molar-refractivity contribution in [3.63, 3.8) is 0 Å². The number of hydrogen-bond donors (Lipinski definition) is 0. The third kappa shape index (κ3) is 1.96. The summed E-state index contributed by atoms with van der Waals surface area (Å²) in [4.78, 5) is 3.84. The molecule has 11 heavy (non-hydrogen) atoms. The Labute approximate surface area is 71.6 Å². The normalized spacial score (nSPS) is 10.6. The van der Waals surface area contributed by atoms with E-state index in [9.17, 15) is 8.78 Å². The Kier molecular flexibility index (Phi) is 2.54. The van der Waals surface area contributed by atoms with Gasteiger partial charge in [-0.25, -0.2) is 8.78 Å². The third-order valence-corrected chi connectivity index (χ3v) is 1.92. The second-order valence-corrected chi connectivity index (χ2v) is 3.00. The first kappa shape index (κ1) is 8.59. The lowest BCUT2D eigenvalue weighted by Crippen LogP contribution is -1.89. The maximum Gasteiger partial charge on any atom is 0.265 e. The van der Waals surface area contributed by atoms with Crippen molar-refractivity contribution in [1.82, 2.24) is 4.98 Å². The topological polar surface area (TPSA) is 12.9 Å². The highest BCUT2D eigenvalue weighted by Crippen LogP contribution is 2.26. The van der Waals surface area contributed by atoms with E-state index >= 15 is 0 Å². The SMILES string of the molecule is Cc1cc(C(F)F)c(Br)cn1. The summed E-state index contributed by atoms with van der Waals surface area (Å²) in [7, 11) is 0. The monoisotopic (exact) mass is 221 g/mol. The summed E-state index contributed by atoms with van der Waals surface area (Å²) >= 11 is 2.99. The van der Waals surface area contributed by atoms with Gasteiger partial charge in [-0.2, -0.15) is 0 Å². The highest BCUT2D eigenvalue weighted by atomic mass is 79.9. The number of pyridine rings is 1. The first-order chi connectivity index (χ1) is 5.11. The number of rotatable bonds is 1. The lowest BCUT2D eigenvalue weighted by Gasteiger charge is -2.02. The van der Waals surface area contributed by atoms with Gasteiger partial charge in [0.1, 0.15) is 0 Å². The van der Waals surface area contributed by atoms with Crippen molar-refractivity contribution in [3.8, 4) is 0 Å². The molecule has 1 nitrogen and oxygen atoms in total. The predicted molar refractivity (Wildman–Crippen MR) is 41.6 cm³/mol. The fourth-order valence-corrected chi connectivity index (χ4v) is 1.12. The predicted octanol–water partition coefficient (Wildman–Crippen LogP) is 3.09. The van der Waals surface area contributed by atoms with E-state index in [1.807, 2.05) is 0 Å². The Bertz CT molecular complexity index is 263. The molecule has 60 valence electrons. The molecule has 1 aromatic heterocycles. The van der Waals surface area contributed by atoms with Crippen molar-refractivity contribution in [1.29, 1.82) is 0 Å². The lowest BCUT2D eigenvalue weighted by atomic mass is 10.2. The molecule has 0 saturated heterocycles. The Morgan fingerprint density at radius 3 is 2.64 bits per heavy atom. The van der Waals surface area contributed by atoms with E-state index in [1.165, 1.54) is 12.3 Å². The van der Waals surface area contributed by atoms with Crippen LogP contribution in [-0.2, 0) is 0 Å². The van der Waals surface area contributed by atoms with E-state index in [4.69, 9.17) is 0 Å². The maximum atomic E-state index is 12.2. The van der Waals surface area contributed by atoms with Crippen LogP contribution in [0.3, 0.4) is 0 Å². The van der Waals surface area contributed by atoms with Crippen LogP contribution in [0.1, 0.15) is 17.7 Å². The van der Waals surface area contributed by atoms with Gasteiger partial charge in [-0.05, 0) is 28.9 Å². The zero-order valence-corrected chi connectivity index (χ0v) is 7.40. The van der Waals surface area contributed by atoms with E-state index in [2.05, 4.69) is 20.9 Å². The number of aromatic nitrogens is 1. The Morgan fingerprint density at radius 1 is 1.55 bits per heavy atom. The molecule has 0 aromatic carbocycles. The van der Waals surface area contributed by atoms with E-state index in [0.717, 1.165) is 0 Å². The Morgan fingerprint density at radius 2 is 2.18 bits per heavy atom. The zero-order valence-electron chi connectivity index (χ0n) is 5.81. The van der Waals surface area contributed by atoms with Gasteiger partial charge in [-0.3, -0.25) is 4.98 Å². The minimum absolute atomic E-state index is 0.00231. The summed E-state index contributed by atoms with van der Waals surface area (Å²) in [6.07, 6.45) is -1.05. The molecule has 0 aliphatic rings. The molecule has 1 rings (SSSR count). The van der Waals surface area contributed by atoms with Gasteiger partial charge in [-0.1, -0.05) is 0 Å². The second-order valence-electron chi connectivity index (χ2n) is 2.15. The summed E-state index contributed by atoms with van der Waals surface area (Å²) in [5.74, 6) is 0. The van der Waals surface area contributed by atoms with Crippen molar-refractivity contribution in [3.05, 3.63) is 28.0 Å². The number of alkyl halides is 2. The fraction of sp³-hybridized carbons (Fsp3) is 0.286. The molecule has 1 aromatic rings. The minimum Gasteiger partial charge on any atom is -0.260 e. The van der Waals surface area contributed by atoms with Crippen LogP contribution in [0.25, 0.3) is 0 Å². The molecular formula is C7H6BrF2N.